The van der Waals surface area contributed by atoms with Crippen molar-refractivity contribution in [3.63, 3.8) is 0 Å². The van der Waals surface area contributed by atoms with Gasteiger partial charge in [0.05, 0.1) is 13.7 Å². The van der Waals surface area contributed by atoms with E-state index in [1.807, 2.05) is 24.3 Å². The van der Waals surface area contributed by atoms with Crippen molar-refractivity contribution in [2.75, 3.05) is 20.3 Å². The van der Waals surface area contributed by atoms with Gasteiger partial charge >= 0.3 is 0 Å². The summed E-state index contributed by atoms with van der Waals surface area (Å²) in [7, 11) is 1.66. The van der Waals surface area contributed by atoms with E-state index in [-0.39, 0.29) is 12.5 Å². The molecule has 1 aliphatic rings. The van der Waals surface area contributed by atoms with E-state index in [4.69, 9.17) is 4.74 Å². The molecule has 3 nitrogen and oxygen atoms in total. The maximum absolute atomic E-state index is 9.37. The number of nitrogens with one attached hydrogen (secondary N) is 1. The Morgan fingerprint density at radius 1 is 1.38 bits per heavy atom. The Balaban J connectivity index is 1.94. The van der Waals surface area contributed by atoms with Crippen molar-refractivity contribution >= 4 is 0 Å². The highest BCUT2D eigenvalue weighted by atomic mass is 16.5. The van der Waals surface area contributed by atoms with Gasteiger partial charge in [0.1, 0.15) is 5.75 Å². The van der Waals surface area contributed by atoms with Crippen LogP contribution < -0.4 is 10.1 Å². The van der Waals surface area contributed by atoms with Crippen LogP contribution in [0, 0.1) is 0 Å². The van der Waals surface area contributed by atoms with Crippen molar-refractivity contribution in [2.24, 2.45) is 0 Å². The first-order chi connectivity index (χ1) is 7.83. The van der Waals surface area contributed by atoms with E-state index in [0.29, 0.717) is 6.04 Å². The van der Waals surface area contributed by atoms with Crippen molar-refractivity contribution in [3.05, 3.63) is 29.8 Å². The highest BCUT2D eigenvalue weighted by Crippen LogP contribution is 2.22. The van der Waals surface area contributed by atoms with Gasteiger partial charge in [-0.2, -0.15) is 0 Å². The molecule has 1 fully saturated rings. The quantitative estimate of drug-likeness (QED) is 0.765. The normalized spacial score (nSPS) is 17.1. The first-order valence-corrected chi connectivity index (χ1v) is 5.81. The maximum atomic E-state index is 9.37. The fraction of sp³-hybridized carbons (Fsp3) is 0.538. The predicted molar refractivity (Wildman–Crippen MR) is 63.8 cm³/mol. The van der Waals surface area contributed by atoms with Crippen LogP contribution in [0.15, 0.2) is 24.3 Å². The zero-order valence-electron chi connectivity index (χ0n) is 9.65. The van der Waals surface area contributed by atoms with Crippen LogP contribution in [0.5, 0.6) is 5.75 Å². The lowest BCUT2D eigenvalue weighted by atomic mass is 10.00. The fourth-order valence-electron chi connectivity index (χ4n) is 1.76. The van der Waals surface area contributed by atoms with Crippen LogP contribution in [0.2, 0.25) is 0 Å². The summed E-state index contributed by atoms with van der Waals surface area (Å²) in [6, 6.07) is 8.61. The minimum Gasteiger partial charge on any atom is -0.497 e. The molecule has 0 saturated heterocycles. The SMILES string of the molecule is COc1ccc(C(CO)CNC2CC2)cc1. The number of benzene rings is 1. The lowest BCUT2D eigenvalue weighted by molar-refractivity contribution is 0.261. The van der Waals surface area contributed by atoms with Gasteiger partial charge < -0.3 is 15.2 Å². The number of hydrogen-bond donors (Lipinski definition) is 2. The molecular formula is C13H19NO2. The van der Waals surface area contributed by atoms with Gasteiger partial charge in [-0.3, -0.25) is 0 Å². The van der Waals surface area contributed by atoms with Crippen LogP contribution in [0.3, 0.4) is 0 Å². The lowest BCUT2D eigenvalue weighted by Crippen LogP contribution is -2.25. The molecule has 3 heteroatoms. The first kappa shape index (κ1) is 11.4. The Hall–Kier alpha value is -1.06. The maximum Gasteiger partial charge on any atom is 0.118 e. The van der Waals surface area contributed by atoms with Gasteiger partial charge in [0.2, 0.25) is 0 Å². The van der Waals surface area contributed by atoms with Crippen LogP contribution in [0.4, 0.5) is 0 Å². The zero-order valence-corrected chi connectivity index (χ0v) is 9.65. The second-order valence-electron chi connectivity index (χ2n) is 4.34. The van der Waals surface area contributed by atoms with E-state index >= 15 is 0 Å². The standard InChI is InChI=1S/C13H19NO2/c1-16-13-6-2-10(3-7-13)11(9-15)8-14-12-4-5-12/h2-3,6-7,11-12,14-15H,4-5,8-9H2,1H3. The summed E-state index contributed by atoms with van der Waals surface area (Å²) in [6.45, 7) is 1.04. The van der Waals surface area contributed by atoms with Gasteiger partial charge in [-0.05, 0) is 30.5 Å². The number of aliphatic hydroxyl groups excluding tert-OH is 1. The average molecular weight is 221 g/mol. The van der Waals surface area contributed by atoms with Crippen LogP contribution >= 0.6 is 0 Å². The molecule has 2 rings (SSSR count). The summed E-state index contributed by atoms with van der Waals surface area (Å²) in [6.07, 6.45) is 2.56. The Morgan fingerprint density at radius 3 is 2.56 bits per heavy atom. The molecule has 1 atom stereocenters. The second-order valence-corrected chi connectivity index (χ2v) is 4.34. The van der Waals surface area contributed by atoms with E-state index in [1.165, 1.54) is 12.8 Å². The van der Waals surface area contributed by atoms with E-state index in [9.17, 15) is 5.11 Å². The molecule has 0 aromatic heterocycles. The predicted octanol–water partition coefficient (Wildman–Crippen LogP) is 1.52. The molecular weight excluding hydrogens is 202 g/mol. The first-order valence-electron chi connectivity index (χ1n) is 5.81. The topological polar surface area (TPSA) is 41.5 Å². The van der Waals surface area contributed by atoms with Gasteiger partial charge in [-0.1, -0.05) is 12.1 Å². The highest BCUT2D eigenvalue weighted by molar-refractivity contribution is 5.29. The molecule has 2 N–H and O–H groups in total. The smallest absolute Gasteiger partial charge is 0.118 e. The molecule has 0 bridgehead atoms. The molecule has 0 aliphatic heterocycles. The molecule has 1 aliphatic carbocycles. The summed E-state index contributed by atoms with van der Waals surface area (Å²) in [5, 5.41) is 12.8. The van der Waals surface area contributed by atoms with Gasteiger partial charge in [0, 0.05) is 18.5 Å². The third kappa shape index (κ3) is 2.97. The van der Waals surface area contributed by atoms with E-state index < -0.39 is 0 Å². The van der Waals surface area contributed by atoms with Gasteiger partial charge in [0.25, 0.3) is 0 Å². The van der Waals surface area contributed by atoms with Crippen molar-refractivity contribution in [3.8, 4) is 5.75 Å². The van der Waals surface area contributed by atoms with Crippen LogP contribution in [-0.2, 0) is 0 Å². The third-order valence-electron chi connectivity index (χ3n) is 3.04. The van der Waals surface area contributed by atoms with Crippen molar-refractivity contribution < 1.29 is 9.84 Å². The monoisotopic (exact) mass is 221 g/mol. The number of hydrogen-bond acceptors (Lipinski definition) is 3. The van der Waals surface area contributed by atoms with Gasteiger partial charge in [0.15, 0.2) is 0 Å². The van der Waals surface area contributed by atoms with Gasteiger partial charge in [-0.25, -0.2) is 0 Å². The Morgan fingerprint density at radius 2 is 2.06 bits per heavy atom. The Labute approximate surface area is 96.4 Å². The zero-order chi connectivity index (χ0) is 11.4. The molecule has 1 saturated carbocycles. The summed E-state index contributed by atoms with van der Waals surface area (Å²) >= 11 is 0. The van der Waals surface area contributed by atoms with E-state index in [0.717, 1.165) is 17.9 Å². The van der Waals surface area contributed by atoms with Crippen molar-refractivity contribution in [1.29, 1.82) is 0 Å². The number of rotatable bonds is 6. The molecule has 1 aromatic rings. The Kier molecular flexibility index (Phi) is 3.80. The van der Waals surface area contributed by atoms with Crippen LogP contribution in [-0.4, -0.2) is 31.4 Å². The van der Waals surface area contributed by atoms with E-state index in [1.54, 1.807) is 7.11 Å². The molecule has 0 spiro atoms. The van der Waals surface area contributed by atoms with Crippen molar-refractivity contribution in [2.45, 2.75) is 24.8 Å². The summed E-state index contributed by atoms with van der Waals surface area (Å²) < 4.78 is 5.11. The molecule has 0 heterocycles. The largest absolute Gasteiger partial charge is 0.497 e. The molecule has 16 heavy (non-hydrogen) atoms. The molecule has 0 amide bonds. The number of methoxy groups -OCH3 is 1. The summed E-state index contributed by atoms with van der Waals surface area (Å²) in [4.78, 5) is 0. The lowest BCUT2D eigenvalue weighted by Gasteiger charge is -2.15. The second kappa shape index (κ2) is 5.32. The third-order valence-corrected chi connectivity index (χ3v) is 3.04. The molecule has 88 valence electrons. The number of ether oxygens (including phenoxy) is 1. The minimum absolute atomic E-state index is 0.187. The Bertz CT molecular complexity index is 319. The van der Waals surface area contributed by atoms with Crippen LogP contribution in [0.25, 0.3) is 0 Å². The molecule has 1 unspecified atom stereocenters. The highest BCUT2D eigenvalue weighted by Gasteiger charge is 2.22. The van der Waals surface area contributed by atoms with Gasteiger partial charge in [-0.15, -0.1) is 0 Å². The number of aliphatic hydroxyl groups is 1. The van der Waals surface area contributed by atoms with E-state index in [2.05, 4.69) is 5.32 Å². The average Bonchev–Trinajstić information content (AvgIpc) is 3.15. The minimum atomic E-state index is 0.187. The van der Waals surface area contributed by atoms with Crippen LogP contribution in [0.1, 0.15) is 24.3 Å². The van der Waals surface area contributed by atoms with Crippen molar-refractivity contribution in [1.82, 2.24) is 5.32 Å². The summed E-state index contributed by atoms with van der Waals surface area (Å²) in [5.41, 5.74) is 1.16. The summed E-state index contributed by atoms with van der Waals surface area (Å²) in [5.74, 6) is 1.04. The molecule has 0 radical (unpaired) electrons. The molecule has 1 aromatic carbocycles. The fourth-order valence-corrected chi connectivity index (χ4v) is 1.76.